The Morgan fingerprint density at radius 3 is 2.33 bits per heavy atom. The predicted molar refractivity (Wildman–Crippen MR) is 95.6 cm³/mol. The van der Waals surface area contributed by atoms with Gasteiger partial charge < -0.3 is 10.1 Å². The van der Waals surface area contributed by atoms with Gasteiger partial charge in [0.15, 0.2) is 5.78 Å². The van der Waals surface area contributed by atoms with Gasteiger partial charge in [-0.15, -0.1) is 0 Å². The smallest absolute Gasteiger partial charge is 0.224 e. The van der Waals surface area contributed by atoms with Crippen LogP contribution in [0.15, 0.2) is 48.5 Å². The molecule has 0 fully saturated rings. The van der Waals surface area contributed by atoms with Crippen LogP contribution in [0, 0.1) is 0 Å². The van der Waals surface area contributed by atoms with Crippen LogP contribution in [-0.4, -0.2) is 18.3 Å². The minimum atomic E-state index is -0.194. The third-order valence-corrected chi connectivity index (χ3v) is 3.72. The highest BCUT2D eigenvalue weighted by molar-refractivity contribution is 6.00. The summed E-state index contributed by atoms with van der Waals surface area (Å²) in [6, 6.07) is 14.8. The predicted octanol–water partition coefficient (Wildman–Crippen LogP) is 4.25. The van der Waals surface area contributed by atoms with Crippen LogP contribution < -0.4 is 10.1 Å². The highest BCUT2D eigenvalue weighted by Gasteiger charge is 2.11. The Kier molecular flexibility index (Phi) is 6.55. The SMILES string of the molecule is CCOc1ccccc1NC(=O)CCC(=O)c1ccc(CC)cc1. The molecule has 0 aliphatic heterocycles. The van der Waals surface area contributed by atoms with Crippen LogP contribution in [0.2, 0.25) is 0 Å². The number of nitrogens with one attached hydrogen (secondary N) is 1. The lowest BCUT2D eigenvalue weighted by atomic mass is 10.0. The molecule has 24 heavy (non-hydrogen) atoms. The van der Waals surface area contributed by atoms with E-state index in [1.54, 1.807) is 12.1 Å². The third kappa shape index (κ3) is 4.95. The Morgan fingerprint density at radius 1 is 0.958 bits per heavy atom. The van der Waals surface area contributed by atoms with E-state index in [1.165, 1.54) is 5.56 Å². The van der Waals surface area contributed by atoms with Crippen molar-refractivity contribution in [1.82, 2.24) is 0 Å². The summed E-state index contributed by atoms with van der Waals surface area (Å²) >= 11 is 0. The number of para-hydroxylation sites is 2. The summed E-state index contributed by atoms with van der Waals surface area (Å²) in [5.41, 5.74) is 2.47. The monoisotopic (exact) mass is 325 g/mol. The summed E-state index contributed by atoms with van der Waals surface area (Å²) in [7, 11) is 0. The molecule has 0 aliphatic carbocycles. The van der Waals surface area contributed by atoms with Gasteiger partial charge in [0, 0.05) is 18.4 Å². The molecular weight excluding hydrogens is 302 g/mol. The number of ether oxygens (including phenoxy) is 1. The maximum absolute atomic E-state index is 12.2. The van der Waals surface area contributed by atoms with Gasteiger partial charge in [0.1, 0.15) is 5.75 Å². The van der Waals surface area contributed by atoms with E-state index in [0.29, 0.717) is 23.6 Å². The van der Waals surface area contributed by atoms with Crippen LogP contribution in [0.1, 0.15) is 42.6 Å². The van der Waals surface area contributed by atoms with Gasteiger partial charge in [0.05, 0.1) is 12.3 Å². The van der Waals surface area contributed by atoms with Crippen molar-refractivity contribution in [2.75, 3.05) is 11.9 Å². The molecule has 0 spiro atoms. The number of carbonyl (C=O) groups is 2. The second kappa shape index (κ2) is 8.87. The molecule has 2 aromatic rings. The van der Waals surface area contributed by atoms with Crippen molar-refractivity contribution < 1.29 is 14.3 Å². The first kappa shape index (κ1) is 17.7. The molecule has 126 valence electrons. The van der Waals surface area contributed by atoms with Gasteiger partial charge in [-0.05, 0) is 31.0 Å². The van der Waals surface area contributed by atoms with E-state index >= 15 is 0 Å². The number of hydrogen-bond donors (Lipinski definition) is 1. The maximum Gasteiger partial charge on any atom is 0.224 e. The summed E-state index contributed by atoms with van der Waals surface area (Å²) in [4.78, 5) is 24.3. The molecule has 0 saturated carbocycles. The molecule has 0 radical (unpaired) electrons. The first-order chi connectivity index (χ1) is 11.6. The van der Waals surface area contributed by atoms with Crippen molar-refractivity contribution in [3.8, 4) is 5.75 Å². The molecule has 0 heterocycles. The number of hydrogen-bond acceptors (Lipinski definition) is 3. The lowest BCUT2D eigenvalue weighted by Gasteiger charge is -2.11. The minimum Gasteiger partial charge on any atom is -0.492 e. The van der Waals surface area contributed by atoms with E-state index in [0.717, 1.165) is 6.42 Å². The first-order valence-electron chi connectivity index (χ1n) is 8.27. The quantitative estimate of drug-likeness (QED) is 0.738. The number of anilines is 1. The number of ketones is 1. The summed E-state index contributed by atoms with van der Waals surface area (Å²) < 4.78 is 5.47. The normalized spacial score (nSPS) is 10.2. The van der Waals surface area contributed by atoms with Crippen LogP contribution in [0.25, 0.3) is 0 Å². The zero-order chi connectivity index (χ0) is 17.4. The number of Topliss-reactive ketones (excluding diaryl/α,β-unsaturated/α-hetero) is 1. The van der Waals surface area contributed by atoms with Crippen LogP contribution in [0.3, 0.4) is 0 Å². The highest BCUT2D eigenvalue weighted by Crippen LogP contribution is 2.23. The van der Waals surface area contributed by atoms with E-state index in [2.05, 4.69) is 12.2 Å². The average Bonchev–Trinajstić information content (AvgIpc) is 2.61. The van der Waals surface area contributed by atoms with Gasteiger partial charge in [-0.1, -0.05) is 43.3 Å². The van der Waals surface area contributed by atoms with E-state index in [1.807, 2.05) is 43.3 Å². The van der Waals surface area contributed by atoms with Gasteiger partial charge >= 0.3 is 0 Å². The van der Waals surface area contributed by atoms with E-state index in [-0.39, 0.29) is 24.5 Å². The lowest BCUT2D eigenvalue weighted by Crippen LogP contribution is -2.14. The van der Waals surface area contributed by atoms with Crippen LogP contribution in [0.5, 0.6) is 5.75 Å². The number of carbonyl (C=O) groups excluding carboxylic acids is 2. The minimum absolute atomic E-state index is 0.0223. The summed E-state index contributed by atoms with van der Waals surface area (Å²) in [6.07, 6.45) is 1.28. The van der Waals surface area contributed by atoms with E-state index in [4.69, 9.17) is 4.74 Å². The number of aryl methyl sites for hydroxylation is 1. The third-order valence-electron chi connectivity index (χ3n) is 3.72. The molecule has 0 saturated heterocycles. The Labute approximate surface area is 142 Å². The Morgan fingerprint density at radius 2 is 1.67 bits per heavy atom. The zero-order valence-electron chi connectivity index (χ0n) is 14.2. The van der Waals surface area contributed by atoms with Crippen molar-refractivity contribution in [2.45, 2.75) is 33.1 Å². The Bertz CT molecular complexity index is 692. The van der Waals surface area contributed by atoms with Gasteiger partial charge in [-0.3, -0.25) is 9.59 Å². The van der Waals surface area contributed by atoms with E-state index in [9.17, 15) is 9.59 Å². The topological polar surface area (TPSA) is 55.4 Å². The molecule has 0 atom stereocenters. The second-order valence-electron chi connectivity index (χ2n) is 5.45. The molecule has 0 unspecified atom stereocenters. The molecule has 2 aromatic carbocycles. The molecular formula is C20H23NO3. The van der Waals surface area contributed by atoms with Crippen molar-refractivity contribution in [3.63, 3.8) is 0 Å². The molecule has 1 amide bonds. The first-order valence-corrected chi connectivity index (χ1v) is 8.27. The van der Waals surface area contributed by atoms with Crippen LogP contribution in [-0.2, 0) is 11.2 Å². The fraction of sp³-hybridized carbons (Fsp3) is 0.300. The molecule has 2 rings (SSSR count). The molecule has 4 heteroatoms. The maximum atomic E-state index is 12.2. The van der Waals surface area contributed by atoms with E-state index < -0.39 is 0 Å². The van der Waals surface area contributed by atoms with Gasteiger partial charge in [0.25, 0.3) is 0 Å². The zero-order valence-corrected chi connectivity index (χ0v) is 14.2. The lowest BCUT2D eigenvalue weighted by molar-refractivity contribution is -0.116. The van der Waals surface area contributed by atoms with Gasteiger partial charge in [0.2, 0.25) is 5.91 Å². The van der Waals surface area contributed by atoms with Crippen molar-refractivity contribution in [1.29, 1.82) is 0 Å². The highest BCUT2D eigenvalue weighted by atomic mass is 16.5. The van der Waals surface area contributed by atoms with Crippen LogP contribution >= 0.6 is 0 Å². The fourth-order valence-corrected chi connectivity index (χ4v) is 2.36. The molecule has 4 nitrogen and oxygen atoms in total. The Hall–Kier alpha value is -2.62. The molecule has 1 N–H and O–H groups in total. The summed E-state index contributed by atoms with van der Waals surface area (Å²) in [5.74, 6) is 0.418. The second-order valence-corrected chi connectivity index (χ2v) is 5.45. The van der Waals surface area contributed by atoms with Crippen molar-refractivity contribution in [3.05, 3.63) is 59.7 Å². The fourth-order valence-electron chi connectivity index (χ4n) is 2.36. The summed E-state index contributed by atoms with van der Waals surface area (Å²) in [6.45, 7) is 4.49. The van der Waals surface area contributed by atoms with Crippen molar-refractivity contribution in [2.24, 2.45) is 0 Å². The average molecular weight is 325 g/mol. The number of rotatable bonds is 8. The molecule has 0 aromatic heterocycles. The molecule has 0 aliphatic rings. The number of amides is 1. The Balaban J connectivity index is 1.89. The summed E-state index contributed by atoms with van der Waals surface area (Å²) in [5, 5.41) is 2.80. The van der Waals surface area contributed by atoms with Gasteiger partial charge in [-0.25, -0.2) is 0 Å². The largest absolute Gasteiger partial charge is 0.492 e. The van der Waals surface area contributed by atoms with Crippen LogP contribution in [0.4, 0.5) is 5.69 Å². The molecule has 0 bridgehead atoms. The van der Waals surface area contributed by atoms with Crippen molar-refractivity contribution >= 4 is 17.4 Å². The number of benzene rings is 2. The standard InChI is InChI=1S/C20H23NO3/c1-3-15-9-11-16(12-10-15)18(22)13-14-20(23)21-17-7-5-6-8-19(17)24-4-2/h5-12H,3-4,13-14H2,1-2H3,(H,21,23). The van der Waals surface area contributed by atoms with Gasteiger partial charge in [-0.2, -0.15) is 0 Å².